The Morgan fingerprint density at radius 1 is 0.952 bits per heavy atom. The third-order valence-corrected chi connectivity index (χ3v) is 6.07. The summed E-state index contributed by atoms with van der Waals surface area (Å²) >= 11 is 0. The second-order valence-corrected chi connectivity index (χ2v) is 8.71. The van der Waals surface area contributed by atoms with Crippen molar-refractivity contribution in [2.24, 2.45) is 0 Å². The number of carboxylic acid groups (broad SMARTS) is 1. The molecule has 0 saturated heterocycles. The van der Waals surface area contributed by atoms with E-state index in [0.717, 1.165) is 30.7 Å². The normalized spacial score (nSPS) is 11.3. The Kier molecular flexibility index (Phi) is 10.5. The van der Waals surface area contributed by atoms with Gasteiger partial charge in [-0.2, -0.15) is 18.2 Å². The van der Waals surface area contributed by atoms with Crippen LogP contribution in [-0.2, 0) is 4.79 Å². The fourth-order valence-corrected chi connectivity index (χ4v) is 3.82. The smallest absolute Gasteiger partial charge is 0.490 e. The summed E-state index contributed by atoms with van der Waals surface area (Å²) < 4.78 is 48.4. The van der Waals surface area contributed by atoms with Crippen molar-refractivity contribution in [1.29, 1.82) is 0 Å². The maximum atomic E-state index is 10.6. The number of aromatic hydroxyl groups is 1. The van der Waals surface area contributed by atoms with Crippen LogP contribution >= 0.6 is 0 Å². The van der Waals surface area contributed by atoms with Gasteiger partial charge in [0.2, 0.25) is 17.8 Å². The lowest BCUT2D eigenvalue weighted by Crippen LogP contribution is -2.27. The van der Waals surface area contributed by atoms with E-state index in [0.29, 0.717) is 40.3 Å². The van der Waals surface area contributed by atoms with E-state index >= 15 is 0 Å². The minimum Gasteiger partial charge on any atom is -0.497 e. The number of anilines is 2. The number of halogens is 3. The zero-order valence-corrected chi connectivity index (χ0v) is 23.6. The van der Waals surface area contributed by atoms with Gasteiger partial charge in [0.05, 0.1) is 30.8 Å². The number of nitrogens with zero attached hydrogens (tertiary/aromatic N) is 5. The van der Waals surface area contributed by atoms with E-state index in [-0.39, 0.29) is 17.8 Å². The molecule has 2 aromatic carbocycles. The van der Waals surface area contributed by atoms with E-state index < -0.39 is 12.1 Å². The van der Waals surface area contributed by atoms with E-state index in [1.165, 1.54) is 0 Å². The number of nitrogens with one attached hydrogen (secondary N) is 1. The number of fused-ring (bicyclic) bond motifs is 2. The van der Waals surface area contributed by atoms with Gasteiger partial charge in [0, 0.05) is 18.0 Å². The first-order valence-electron chi connectivity index (χ1n) is 12.7. The molecule has 0 fully saturated rings. The van der Waals surface area contributed by atoms with E-state index in [1.807, 2.05) is 19.1 Å². The molecular weight excluding hydrogens is 561 g/mol. The highest BCUT2D eigenvalue weighted by Gasteiger charge is 2.38. The number of carboxylic acids is 1. The van der Waals surface area contributed by atoms with Crippen molar-refractivity contribution in [3.05, 3.63) is 36.0 Å². The monoisotopic (exact) mass is 592 g/mol. The molecule has 4 rings (SSSR count). The molecule has 12 nitrogen and oxygen atoms in total. The molecule has 0 aliphatic carbocycles. The van der Waals surface area contributed by atoms with Crippen LogP contribution in [0.4, 0.5) is 25.1 Å². The molecule has 0 atom stereocenters. The lowest BCUT2D eigenvalue weighted by Gasteiger charge is -2.18. The van der Waals surface area contributed by atoms with Crippen molar-refractivity contribution >= 4 is 39.7 Å². The molecule has 0 aliphatic rings. The van der Waals surface area contributed by atoms with E-state index in [2.05, 4.69) is 44.0 Å². The van der Waals surface area contributed by atoms with Gasteiger partial charge in [-0.25, -0.2) is 19.7 Å². The molecule has 15 heteroatoms. The molecule has 0 amide bonds. The van der Waals surface area contributed by atoms with E-state index in [4.69, 9.17) is 24.1 Å². The van der Waals surface area contributed by atoms with Gasteiger partial charge in [0.25, 0.3) is 0 Å². The van der Waals surface area contributed by atoms with Gasteiger partial charge >= 0.3 is 12.1 Å². The molecule has 226 valence electrons. The fourth-order valence-electron chi connectivity index (χ4n) is 3.82. The summed E-state index contributed by atoms with van der Waals surface area (Å²) in [6.45, 7) is 9.46. The summed E-state index contributed by atoms with van der Waals surface area (Å²) in [5.74, 6) is -0.589. The number of aliphatic carboxylic acids is 1. The number of benzene rings is 2. The average Bonchev–Trinajstić information content (AvgIpc) is 2.95. The van der Waals surface area contributed by atoms with Crippen molar-refractivity contribution in [2.45, 2.75) is 26.9 Å². The molecular formula is C27H31F3N6O6. The molecule has 0 saturated carbocycles. The Labute approximate surface area is 239 Å². The highest BCUT2D eigenvalue weighted by Crippen LogP contribution is 2.33. The second-order valence-electron chi connectivity index (χ2n) is 8.71. The number of rotatable bonds is 10. The van der Waals surface area contributed by atoms with Crippen molar-refractivity contribution < 1.29 is 42.4 Å². The summed E-state index contributed by atoms with van der Waals surface area (Å²) in [7, 11) is 3.17. The van der Waals surface area contributed by atoms with Gasteiger partial charge in [0.15, 0.2) is 0 Å². The SMILES string of the molecule is CCN(CC)CCOc1ccc2nc(Nc3nc(C)c4cc(OC)cc(OC)c4n3)nc(O)c2c1.O=C(O)C(F)(F)F. The zero-order valence-electron chi connectivity index (χ0n) is 23.6. The zero-order chi connectivity index (χ0) is 31.0. The molecule has 2 aromatic heterocycles. The number of hydrogen-bond donors (Lipinski definition) is 3. The highest BCUT2D eigenvalue weighted by molar-refractivity contribution is 5.89. The van der Waals surface area contributed by atoms with Crippen LogP contribution < -0.4 is 19.5 Å². The summed E-state index contributed by atoms with van der Waals surface area (Å²) in [6.07, 6.45) is -5.08. The lowest BCUT2D eigenvalue weighted by atomic mass is 10.1. The molecule has 0 unspecified atom stereocenters. The van der Waals surface area contributed by atoms with Gasteiger partial charge in [-0.15, -0.1) is 0 Å². The molecule has 2 heterocycles. The van der Waals surface area contributed by atoms with Crippen molar-refractivity contribution in [1.82, 2.24) is 24.8 Å². The van der Waals surface area contributed by atoms with Gasteiger partial charge < -0.3 is 29.3 Å². The van der Waals surface area contributed by atoms with Gasteiger partial charge in [-0.05, 0) is 44.3 Å². The Hall–Kier alpha value is -4.66. The first-order valence-corrected chi connectivity index (χ1v) is 12.7. The van der Waals surface area contributed by atoms with Gasteiger partial charge in [0.1, 0.15) is 29.4 Å². The molecule has 0 bridgehead atoms. The Bertz CT molecular complexity index is 1550. The quantitative estimate of drug-likeness (QED) is 0.234. The van der Waals surface area contributed by atoms with Crippen LogP contribution in [0.15, 0.2) is 30.3 Å². The van der Waals surface area contributed by atoms with E-state index in [1.54, 1.807) is 32.4 Å². The molecule has 0 radical (unpaired) electrons. The fraction of sp³-hybridized carbons (Fsp3) is 0.370. The standard InChI is InChI=1S/C25H30N6O4.C2HF3O2/c1-6-31(7-2)10-11-35-16-8-9-20-19(12-16)23(32)29-25(27-20)30-24-26-15(3)18-13-17(33-4)14-21(34-5)22(18)28-24;3-2(4,5)1(6)7/h8-9,12-14H,6-7,10-11H2,1-5H3,(H2,26,27,28,29,30,32);(H,6,7). The Morgan fingerprint density at radius 2 is 1.60 bits per heavy atom. The number of likely N-dealkylation sites (N-methyl/N-ethyl adjacent to an activating group) is 1. The maximum Gasteiger partial charge on any atom is 0.490 e. The topological polar surface area (TPSA) is 152 Å². The number of alkyl halides is 3. The number of aromatic nitrogens is 4. The van der Waals surface area contributed by atoms with Crippen LogP contribution in [0.25, 0.3) is 21.8 Å². The number of methoxy groups -OCH3 is 2. The van der Waals surface area contributed by atoms with E-state index in [9.17, 15) is 18.3 Å². The number of carbonyl (C=O) groups is 1. The van der Waals surface area contributed by atoms with Crippen molar-refractivity contribution in [3.8, 4) is 23.1 Å². The molecule has 0 aliphatic heterocycles. The predicted molar refractivity (Wildman–Crippen MR) is 149 cm³/mol. The Morgan fingerprint density at radius 3 is 2.19 bits per heavy atom. The van der Waals surface area contributed by atoms with Crippen LogP contribution in [0.3, 0.4) is 0 Å². The molecule has 3 N–H and O–H groups in total. The van der Waals surface area contributed by atoms with Crippen LogP contribution in [0.5, 0.6) is 23.1 Å². The van der Waals surface area contributed by atoms with Crippen LogP contribution in [0.1, 0.15) is 19.5 Å². The van der Waals surface area contributed by atoms with Crippen LogP contribution in [-0.4, -0.2) is 87.7 Å². The second kappa shape index (κ2) is 13.8. The predicted octanol–water partition coefficient (Wildman–Crippen LogP) is 4.70. The molecule has 4 aromatic rings. The van der Waals surface area contributed by atoms with Crippen molar-refractivity contribution in [2.75, 3.05) is 45.8 Å². The minimum atomic E-state index is -5.08. The van der Waals surface area contributed by atoms with Crippen LogP contribution in [0, 0.1) is 6.92 Å². The third kappa shape index (κ3) is 7.96. The maximum absolute atomic E-state index is 10.6. The largest absolute Gasteiger partial charge is 0.497 e. The average molecular weight is 593 g/mol. The van der Waals surface area contributed by atoms with Crippen molar-refractivity contribution in [3.63, 3.8) is 0 Å². The minimum absolute atomic E-state index is 0.161. The first-order chi connectivity index (χ1) is 19.9. The highest BCUT2D eigenvalue weighted by atomic mass is 19.4. The summed E-state index contributed by atoms with van der Waals surface area (Å²) in [6, 6.07) is 8.98. The molecule has 0 spiro atoms. The Balaban J connectivity index is 0.000000616. The summed E-state index contributed by atoms with van der Waals surface area (Å²) in [4.78, 5) is 29.0. The van der Waals surface area contributed by atoms with Crippen LogP contribution in [0.2, 0.25) is 0 Å². The van der Waals surface area contributed by atoms with Gasteiger partial charge in [-0.3, -0.25) is 5.32 Å². The summed E-state index contributed by atoms with van der Waals surface area (Å²) in [5.41, 5.74) is 1.92. The molecule has 42 heavy (non-hydrogen) atoms. The first kappa shape index (κ1) is 31.9. The number of hydrogen-bond acceptors (Lipinski definition) is 11. The summed E-state index contributed by atoms with van der Waals surface area (Å²) in [5, 5.41) is 22.0. The number of aryl methyl sites for hydroxylation is 1. The third-order valence-electron chi connectivity index (χ3n) is 6.07. The van der Waals surface area contributed by atoms with Gasteiger partial charge in [-0.1, -0.05) is 13.8 Å². The lowest BCUT2D eigenvalue weighted by molar-refractivity contribution is -0.192. The number of ether oxygens (including phenoxy) is 3.